The number of hydrogen-bond acceptors (Lipinski definition) is 3. The molecule has 7 N–H and O–H groups in total. The second-order valence-corrected chi connectivity index (χ2v) is 0.603. The summed E-state index contributed by atoms with van der Waals surface area (Å²) in [7, 11) is -2.60. The Bertz CT molecular complexity index is 8.90. The highest BCUT2D eigenvalue weighted by Gasteiger charge is 1.79. The Morgan fingerprint density at radius 1 is 1.00 bits per heavy atom. The molecule has 0 amide bonds. The average molecular weight is 139 g/mol. The van der Waals surface area contributed by atoms with Gasteiger partial charge in [0.05, 0.1) is 0 Å². The van der Waals surface area contributed by atoms with Crippen LogP contribution in [0.4, 0.5) is 0 Å². The highest BCUT2D eigenvalue weighted by molar-refractivity contribution is 1.94. The largest absolute Gasteiger partial charge is 0.412 e. The van der Waals surface area contributed by atoms with Gasteiger partial charge in [0.15, 0.2) is 0 Å². The van der Waals surface area contributed by atoms with Crippen molar-refractivity contribution in [2.24, 2.45) is 0 Å². The maximum atomic E-state index is 8.52. The van der Waals surface area contributed by atoms with Crippen LogP contribution in [0.25, 0.3) is 0 Å². The first-order valence-corrected chi connectivity index (χ1v) is 1.43. The van der Waals surface area contributed by atoms with E-state index in [1.807, 2.05) is 0 Å². The van der Waals surface area contributed by atoms with E-state index in [4.69, 9.17) is 14.0 Å². The molecule has 0 unspecified atom stereocenters. The first-order valence-electron chi connectivity index (χ1n) is 0.478. The predicted molar refractivity (Wildman–Crippen MR) is 13.1 cm³/mol. The van der Waals surface area contributed by atoms with Crippen molar-refractivity contribution in [1.82, 2.24) is 0 Å². The Morgan fingerprint density at radius 2 is 1.00 bits per heavy atom. The Balaban J connectivity index is -0.0000000150. The summed E-state index contributed by atoms with van der Waals surface area (Å²) in [5, 5.41) is 0. The SMILES string of the molecule is O.O.O.[O-][Cl+2]([O-])O. The molecule has 0 saturated heterocycles. The van der Waals surface area contributed by atoms with Crippen LogP contribution < -0.4 is 9.32 Å². The molecule has 0 aliphatic rings. The summed E-state index contributed by atoms with van der Waals surface area (Å²) in [5.74, 6) is 0. The summed E-state index contributed by atoms with van der Waals surface area (Å²) in [6, 6.07) is 0. The smallest absolute Gasteiger partial charge is 0.282 e. The normalized spacial score (nSPS) is 5.14. The first kappa shape index (κ1) is 27.7. The Morgan fingerprint density at radius 3 is 1.00 bits per heavy atom. The standard InChI is InChI=1S/ClHO3.3H2O/c2-1(3)4;;;/h2H;3*1H2. The molecule has 0 heterocycles. The predicted octanol–water partition coefficient (Wildman–Crippen LogP) is -5.41. The monoisotopic (exact) mass is 138 g/mol. The topological polar surface area (TPSA) is 161 Å². The fourth-order valence-electron chi connectivity index (χ4n) is 0. The molecular weight excluding hydrogens is 131 g/mol. The molecule has 6 nitrogen and oxygen atoms in total. The number of hydrogen-bond donors (Lipinski definition) is 1. The Labute approximate surface area is 42.3 Å². The van der Waals surface area contributed by atoms with Gasteiger partial charge in [0.1, 0.15) is 0 Å². The van der Waals surface area contributed by atoms with Crippen molar-refractivity contribution in [1.29, 1.82) is 0 Å². The molecule has 0 atom stereocenters. The van der Waals surface area contributed by atoms with E-state index < -0.39 is 10.8 Å². The second-order valence-electron chi connectivity index (χ2n) is 0.201. The third-order valence-electron chi connectivity index (χ3n) is 0. The van der Waals surface area contributed by atoms with E-state index in [2.05, 4.69) is 0 Å². The van der Waals surface area contributed by atoms with Gasteiger partial charge in [0.25, 0.3) is 10.8 Å². The van der Waals surface area contributed by atoms with Crippen molar-refractivity contribution in [3.63, 3.8) is 0 Å². The zero-order chi connectivity index (χ0) is 3.58. The Hall–Kier alpha value is 0.0500. The summed E-state index contributed by atoms with van der Waals surface area (Å²) < 4.78 is 24.0. The van der Waals surface area contributed by atoms with Crippen molar-refractivity contribution in [2.75, 3.05) is 0 Å². The van der Waals surface area contributed by atoms with Gasteiger partial charge in [0.2, 0.25) is 0 Å². The minimum atomic E-state index is -2.60. The third kappa shape index (κ3) is 39700. The van der Waals surface area contributed by atoms with E-state index in [-0.39, 0.29) is 16.4 Å². The van der Waals surface area contributed by atoms with Gasteiger partial charge in [0, 0.05) is 4.66 Å². The quantitative estimate of drug-likeness (QED) is 0.354. The van der Waals surface area contributed by atoms with Crippen molar-refractivity contribution < 1.29 is 41.2 Å². The molecular formula is H7ClO6. The molecule has 0 bridgehead atoms. The molecule has 50 valence electrons. The van der Waals surface area contributed by atoms with E-state index in [1.54, 1.807) is 0 Å². The molecule has 7 heavy (non-hydrogen) atoms. The van der Waals surface area contributed by atoms with Crippen LogP contribution in [0.15, 0.2) is 0 Å². The summed E-state index contributed by atoms with van der Waals surface area (Å²) >= 11 is 0. The van der Waals surface area contributed by atoms with E-state index in [0.29, 0.717) is 0 Å². The average Bonchev–Trinajstić information content (AvgIpc) is 0.811. The highest BCUT2D eigenvalue weighted by atomic mass is 35.6. The van der Waals surface area contributed by atoms with Crippen molar-refractivity contribution >= 4 is 0 Å². The van der Waals surface area contributed by atoms with Crippen LogP contribution in [0.2, 0.25) is 0 Å². The highest BCUT2D eigenvalue weighted by Crippen LogP contribution is 1.38. The van der Waals surface area contributed by atoms with Crippen LogP contribution in [0.3, 0.4) is 0 Å². The van der Waals surface area contributed by atoms with E-state index >= 15 is 0 Å². The minimum absolute atomic E-state index is 0. The third-order valence-corrected chi connectivity index (χ3v) is 0. The lowest BCUT2D eigenvalue weighted by molar-refractivity contribution is -1.63. The zero-order valence-corrected chi connectivity index (χ0v) is 3.90. The molecule has 0 aliphatic carbocycles. The van der Waals surface area contributed by atoms with Gasteiger partial charge in [-0.25, -0.2) is 0 Å². The maximum Gasteiger partial charge on any atom is 0.282 e. The van der Waals surface area contributed by atoms with Crippen LogP contribution in [0.5, 0.6) is 0 Å². The first-order chi connectivity index (χ1) is 1.73. The van der Waals surface area contributed by atoms with E-state index in [1.165, 1.54) is 0 Å². The van der Waals surface area contributed by atoms with Crippen LogP contribution in [-0.4, -0.2) is 21.1 Å². The molecule has 7 heteroatoms. The van der Waals surface area contributed by atoms with E-state index in [0.717, 1.165) is 0 Å². The summed E-state index contributed by atoms with van der Waals surface area (Å²) in [6.45, 7) is 0. The molecule has 0 rings (SSSR count). The number of rotatable bonds is 0. The van der Waals surface area contributed by atoms with Gasteiger partial charge in [-0.3, -0.25) is 0 Å². The van der Waals surface area contributed by atoms with Gasteiger partial charge in [-0.15, -0.1) is 0 Å². The van der Waals surface area contributed by atoms with Gasteiger partial charge < -0.3 is 25.7 Å². The molecule has 0 aromatic rings. The lowest BCUT2D eigenvalue weighted by atomic mass is 15.8. The lowest BCUT2D eigenvalue weighted by Crippen LogP contribution is -2.30. The fraction of sp³-hybridized carbons (Fsp3) is 0. The lowest BCUT2D eigenvalue weighted by Gasteiger charge is -1.72. The summed E-state index contributed by atoms with van der Waals surface area (Å²) in [4.78, 5) is 0. The molecule has 0 aromatic carbocycles. The molecule has 0 saturated carbocycles. The van der Waals surface area contributed by atoms with Gasteiger partial charge in [-0.05, 0) is 0 Å². The maximum absolute atomic E-state index is 8.52. The van der Waals surface area contributed by atoms with Crippen LogP contribution >= 0.6 is 0 Å². The van der Waals surface area contributed by atoms with Crippen LogP contribution in [0.1, 0.15) is 0 Å². The molecule has 0 fully saturated rings. The van der Waals surface area contributed by atoms with Gasteiger partial charge in [-0.2, -0.15) is 0 Å². The van der Waals surface area contributed by atoms with Gasteiger partial charge in [-0.1, -0.05) is 0 Å². The fourth-order valence-corrected chi connectivity index (χ4v) is 0. The summed E-state index contributed by atoms with van der Waals surface area (Å²) in [5.41, 5.74) is 0. The van der Waals surface area contributed by atoms with Crippen LogP contribution in [0, 0.1) is 10.8 Å². The van der Waals surface area contributed by atoms with Gasteiger partial charge >= 0.3 is 0 Å². The summed E-state index contributed by atoms with van der Waals surface area (Å²) in [6.07, 6.45) is 0. The van der Waals surface area contributed by atoms with Crippen LogP contribution in [-0.2, 0) is 0 Å². The van der Waals surface area contributed by atoms with Crippen molar-refractivity contribution in [3.05, 3.63) is 0 Å². The van der Waals surface area contributed by atoms with Crippen molar-refractivity contribution in [2.45, 2.75) is 0 Å². The second kappa shape index (κ2) is 16.6. The molecule has 0 aliphatic heterocycles. The zero-order valence-electron chi connectivity index (χ0n) is 3.14. The molecule has 0 aromatic heterocycles. The number of halogens is 1. The Kier molecular flexibility index (Phi) is 65.7. The van der Waals surface area contributed by atoms with E-state index in [9.17, 15) is 0 Å². The minimum Gasteiger partial charge on any atom is -0.412 e. The molecule has 0 radical (unpaired) electrons. The van der Waals surface area contributed by atoms with Crippen molar-refractivity contribution in [3.8, 4) is 0 Å². The molecule has 0 spiro atoms.